The normalized spacial score (nSPS) is 14.2. The SMILES string of the molecule is CCN1CCc2ccc(NC(=O)CCC(=O)C(C#N)=C3N(C)c4ccccc4N3C)cc21. The summed E-state index contributed by atoms with van der Waals surface area (Å²) >= 11 is 0. The number of nitriles is 1. The number of para-hydroxylation sites is 2. The van der Waals surface area contributed by atoms with Gasteiger partial charge in [0.05, 0.1) is 11.4 Å². The largest absolute Gasteiger partial charge is 0.371 e. The van der Waals surface area contributed by atoms with E-state index in [1.54, 1.807) is 0 Å². The Labute approximate surface area is 188 Å². The van der Waals surface area contributed by atoms with Gasteiger partial charge in [-0.1, -0.05) is 18.2 Å². The van der Waals surface area contributed by atoms with Crippen molar-refractivity contribution in [3.05, 3.63) is 59.4 Å². The first-order chi connectivity index (χ1) is 15.4. The number of likely N-dealkylation sites (N-methyl/N-ethyl adjacent to an activating group) is 1. The van der Waals surface area contributed by atoms with Gasteiger partial charge in [0.25, 0.3) is 0 Å². The van der Waals surface area contributed by atoms with Crippen LogP contribution in [0.1, 0.15) is 25.3 Å². The number of Topliss-reactive ketones (excluding diaryl/α,β-unsaturated/α-hetero) is 1. The number of fused-ring (bicyclic) bond motifs is 2. The van der Waals surface area contributed by atoms with Gasteiger partial charge in [0.15, 0.2) is 5.78 Å². The zero-order valence-corrected chi connectivity index (χ0v) is 18.7. The highest BCUT2D eigenvalue weighted by Crippen LogP contribution is 2.40. The molecule has 2 aromatic carbocycles. The van der Waals surface area contributed by atoms with Crippen molar-refractivity contribution in [1.82, 2.24) is 0 Å². The molecule has 1 N–H and O–H groups in total. The monoisotopic (exact) mass is 429 g/mol. The number of nitrogens with one attached hydrogen (secondary N) is 1. The van der Waals surface area contributed by atoms with Crippen LogP contribution < -0.4 is 20.0 Å². The molecule has 7 heteroatoms. The minimum atomic E-state index is -0.338. The van der Waals surface area contributed by atoms with Gasteiger partial charge in [-0.3, -0.25) is 9.59 Å². The molecule has 0 bridgehead atoms. The van der Waals surface area contributed by atoms with Gasteiger partial charge in [-0.15, -0.1) is 0 Å². The third kappa shape index (κ3) is 3.80. The Bertz CT molecular complexity index is 1120. The first kappa shape index (κ1) is 21.4. The number of benzene rings is 2. The van der Waals surface area contributed by atoms with Crippen molar-refractivity contribution in [3.8, 4) is 6.07 Å². The number of nitrogens with zero attached hydrogens (tertiary/aromatic N) is 4. The molecule has 0 fully saturated rings. The van der Waals surface area contributed by atoms with E-state index in [4.69, 9.17) is 0 Å². The number of hydrogen-bond donors (Lipinski definition) is 1. The predicted molar refractivity (Wildman–Crippen MR) is 127 cm³/mol. The van der Waals surface area contributed by atoms with Crippen molar-refractivity contribution in [2.24, 2.45) is 0 Å². The number of allylic oxidation sites excluding steroid dienone is 1. The first-order valence-corrected chi connectivity index (χ1v) is 10.9. The minimum Gasteiger partial charge on any atom is -0.371 e. The zero-order valence-electron chi connectivity index (χ0n) is 18.7. The van der Waals surface area contributed by atoms with E-state index >= 15 is 0 Å². The van der Waals surface area contributed by atoms with Crippen LogP contribution in [0.15, 0.2) is 53.9 Å². The molecule has 0 saturated carbocycles. The summed E-state index contributed by atoms with van der Waals surface area (Å²) in [5.41, 5.74) is 5.10. The van der Waals surface area contributed by atoms with Gasteiger partial charge in [-0.25, -0.2) is 0 Å². The number of carbonyl (C=O) groups is 2. The molecule has 164 valence electrons. The van der Waals surface area contributed by atoms with Gasteiger partial charge < -0.3 is 20.0 Å². The summed E-state index contributed by atoms with van der Waals surface area (Å²) in [5, 5.41) is 12.6. The molecule has 32 heavy (non-hydrogen) atoms. The first-order valence-electron chi connectivity index (χ1n) is 10.9. The van der Waals surface area contributed by atoms with Crippen LogP contribution in [-0.4, -0.2) is 38.9 Å². The lowest BCUT2D eigenvalue weighted by Crippen LogP contribution is -2.26. The van der Waals surface area contributed by atoms with Crippen molar-refractivity contribution in [2.45, 2.75) is 26.2 Å². The molecule has 0 radical (unpaired) electrons. The van der Waals surface area contributed by atoms with Crippen molar-refractivity contribution >= 4 is 34.4 Å². The van der Waals surface area contributed by atoms with Gasteiger partial charge in [0.1, 0.15) is 17.5 Å². The van der Waals surface area contributed by atoms with E-state index in [-0.39, 0.29) is 30.1 Å². The van der Waals surface area contributed by atoms with Gasteiger partial charge in [0.2, 0.25) is 5.91 Å². The number of hydrogen-bond acceptors (Lipinski definition) is 6. The third-order valence-corrected chi connectivity index (χ3v) is 6.18. The van der Waals surface area contributed by atoms with Gasteiger partial charge >= 0.3 is 0 Å². The van der Waals surface area contributed by atoms with Crippen LogP contribution in [0.4, 0.5) is 22.7 Å². The van der Waals surface area contributed by atoms with Crippen molar-refractivity contribution in [3.63, 3.8) is 0 Å². The standard InChI is InChI=1S/C25H27N5O2/c1-4-30-14-13-17-9-10-18(15-22(17)30)27-24(32)12-11-23(31)19(16-26)25-28(2)20-7-5-6-8-21(20)29(25)3/h5-10,15H,4,11-14H2,1-3H3,(H,27,32). The molecule has 1 amide bonds. The summed E-state index contributed by atoms with van der Waals surface area (Å²) in [6.07, 6.45) is 1.01. The maximum absolute atomic E-state index is 12.9. The fraction of sp³-hybridized carbons (Fsp3) is 0.320. The molecule has 2 aromatic rings. The summed E-state index contributed by atoms with van der Waals surface area (Å²) < 4.78 is 0. The van der Waals surface area contributed by atoms with Crippen LogP contribution in [0.25, 0.3) is 0 Å². The highest BCUT2D eigenvalue weighted by Gasteiger charge is 2.31. The second-order valence-electron chi connectivity index (χ2n) is 8.06. The van der Waals surface area contributed by atoms with Crippen LogP contribution in [0.5, 0.6) is 0 Å². The maximum Gasteiger partial charge on any atom is 0.224 e. The molecular formula is C25H27N5O2. The highest BCUT2D eigenvalue weighted by molar-refractivity contribution is 6.04. The summed E-state index contributed by atoms with van der Waals surface area (Å²) in [4.78, 5) is 31.4. The number of anilines is 4. The molecule has 0 aliphatic carbocycles. The van der Waals surface area contributed by atoms with Crippen LogP contribution >= 0.6 is 0 Å². The molecule has 0 saturated heterocycles. The smallest absolute Gasteiger partial charge is 0.224 e. The number of carbonyl (C=O) groups excluding carboxylic acids is 2. The molecule has 4 rings (SSSR count). The topological polar surface area (TPSA) is 79.7 Å². The third-order valence-electron chi connectivity index (χ3n) is 6.18. The molecule has 0 aromatic heterocycles. The van der Waals surface area contributed by atoms with E-state index < -0.39 is 0 Å². The summed E-state index contributed by atoms with van der Waals surface area (Å²) in [6, 6.07) is 15.7. The fourth-order valence-corrected chi connectivity index (χ4v) is 4.48. The lowest BCUT2D eigenvalue weighted by Gasteiger charge is -2.20. The lowest BCUT2D eigenvalue weighted by molar-refractivity contribution is -0.120. The summed E-state index contributed by atoms with van der Waals surface area (Å²) in [5.74, 6) is -0.0364. The van der Waals surface area contributed by atoms with Gasteiger partial charge in [-0.05, 0) is 43.2 Å². The quantitative estimate of drug-likeness (QED) is 0.557. The number of amides is 1. The van der Waals surface area contributed by atoms with Crippen molar-refractivity contribution in [2.75, 3.05) is 47.2 Å². The van der Waals surface area contributed by atoms with E-state index in [1.165, 1.54) is 5.56 Å². The van der Waals surface area contributed by atoms with E-state index in [0.717, 1.165) is 42.3 Å². The Balaban J connectivity index is 1.43. The molecule has 7 nitrogen and oxygen atoms in total. The average Bonchev–Trinajstić information content (AvgIpc) is 3.32. The van der Waals surface area contributed by atoms with E-state index in [9.17, 15) is 14.9 Å². The molecule has 2 aliphatic rings. The number of ketones is 1. The van der Waals surface area contributed by atoms with Crippen LogP contribution in [0.2, 0.25) is 0 Å². The van der Waals surface area contributed by atoms with Crippen LogP contribution in [0.3, 0.4) is 0 Å². The van der Waals surface area contributed by atoms with Crippen LogP contribution in [-0.2, 0) is 16.0 Å². The van der Waals surface area contributed by atoms with Gasteiger partial charge in [-0.2, -0.15) is 5.26 Å². The second-order valence-corrected chi connectivity index (χ2v) is 8.06. The maximum atomic E-state index is 12.9. The lowest BCUT2D eigenvalue weighted by atomic mass is 10.1. The molecule has 2 heterocycles. The molecule has 0 spiro atoms. The Hall–Kier alpha value is -3.79. The summed E-state index contributed by atoms with van der Waals surface area (Å²) in [6.45, 7) is 4.04. The van der Waals surface area contributed by atoms with E-state index in [0.29, 0.717) is 5.82 Å². The van der Waals surface area contributed by atoms with Crippen LogP contribution in [0, 0.1) is 11.3 Å². The summed E-state index contributed by atoms with van der Waals surface area (Å²) in [7, 11) is 3.67. The Kier molecular flexibility index (Phi) is 5.87. The molecule has 0 unspecified atom stereocenters. The zero-order chi connectivity index (χ0) is 22.8. The second kappa shape index (κ2) is 8.75. The molecule has 0 atom stereocenters. The molecule has 2 aliphatic heterocycles. The average molecular weight is 430 g/mol. The number of rotatable bonds is 6. The predicted octanol–water partition coefficient (Wildman–Crippen LogP) is 3.68. The fourth-order valence-electron chi connectivity index (χ4n) is 4.48. The Morgan fingerprint density at radius 3 is 2.34 bits per heavy atom. The Morgan fingerprint density at radius 2 is 1.72 bits per heavy atom. The van der Waals surface area contributed by atoms with Crippen molar-refractivity contribution in [1.29, 1.82) is 5.26 Å². The van der Waals surface area contributed by atoms with Crippen molar-refractivity contribution < 1.29 is 9.59 Å². The van der Waals surface area contributed by atoms with E-state index in [1.807, 2.05) is 66.4 Å². The minimum absolute atomic E-state index is 0.0201. The van der Waals surface area contributed by atoms with E-state index in [2.05, 4.69) is 23.2 Å². The highest BCUT2D eigenvalue weighted by atomic mass is 16.2. The molecular weight excluding hydrogens is 402 g/mol. The Morgan fingerprint density at radius 1 is 1.03 bits per heavy atom. The van der Waals surface area contributed by atoms with Gasteiger partial charge in [0, 0.05) is 51.4 Å².